The molecule has 2 nitrogen and oxygen atoms in total. The van der Waals surface area contributed by atoms with Crippen molar-refractivity contribution in [2.24, 2.45) is 0 Å². The monoisotopic (exact) mass is 227 g/mol. The predicted octanol–water partition coefficient (Wildman–Crippen LogP) is 4.15. The maximum atomic E-state index is 12.8. The standard InChI is InChI=1S/C14H8FO2/c15-13-3-1-10(2-4-13)12-7-14(17-9-12)11-5-6-16-8-11/h1-7,9H. The van der Waals surface area contributed by atoms with Crippen LogP contribution in [0.25, 0.3) is 22.5 Å². The zero-order chi connectivity index (χ0) is 11.7. The molecule has 0 N–H and O–H groups in total. The van der Waals surface area contributed by atoms with Crippen molar-refractivity contribution in [3.63, 3.8) is 0 Å². The molecule has 0 spiro atoms. The summed E-state index contributed by atoms with van der Waals surface area (Å²) in [4.78, 5) is 0. The van der Waals surface area contributed by atoms with Crippen LogP contribution in [0.4, 0.5) is 4.39 Å². The van der Waals surface area contributed by atoms with Crippen molar-refractivity contribution in [3.05, 3.63) is 61.0 Å². The molecule has 2 aromatic heterocycles. The molecule has 1 radical (unpaired) electrons. The molecule has 1 aromatic carbocycles. The van der Waals surface area contributed by atoms with Crippen molar-refractivity contribution in [1.29, 1.82) is 0 Å². The van der Waals surface area contributed by atoms with E-state index in [2.05, 4.69) is 6.26 Å². The third-order valence-electron chi connectivity index (χ3n) is 2.51. The molecule has 0 fully saturated rings. The zero-order valence-corrected chi connectivity index (χ0v) is 8.81. The van der Waals surface area contributed by atoms with Gasteiger partial charge in [0.15, 0.2) is 6.26 Å². The molecular weight excluding hydrogens is 219 g/mol. The number of furan rings is 2. The molecule has 2 heterocycles. The fourth-order valence-corrected chi connectivity index (χ4v) is 1.64. The van der Waals surface area contributed by atoms with E-state index in [1.165, 1.54) is 18.4 Å². The van der Waals surface area contributed by atoms with Crippen molar-refractivity contribution in [2.75, 3.05) is 0 Å². The first-order valence-electron chi connectivity index (χ1n) is 5.13. The summed E-state index contributed by atoms with van der Waals surface area (Å²) in [6.07, 6.45) is 5.86. The highest BCUT2D eigenvalue weighted by molar-refractivity contribution is 5.68. The highest BCUT2D eigenvalue weighted by atomic mass is 19.1. The Morgan fingerprint density at radius 1 is 1.00 bits per heavy atom. The summed E-state index contributed by atoms with van der Waals surface area (Å²) in [6.45, 7) is 0. The molecule has 0 aliphatic rings. The number of benzene rings is 1. The van der Waals surface area contributed by atoms with E-state index in [0.717, 1.165) is 16.7 Å². The molecule has 3 heteroatoms. The first kappa shape index (κ1) is 9.90. The highest BCUT2D eigenvalue weighted by Gasteiger charge is 2.07. The van der Waals surface area contributed by atoms with Crippen LogP contribution in [-0.4, -0.2) is 0 Å². The zero-order valence-electron chi connectivity index (χ0n) is 8.81. The van der Waals surface area contributed by atoms with E-state index in [1.54, 1.807) is 24.5 Å². The molecule has 0 unspecified atom stereocenters. The van der Waals surface area contributed by atoms with Gasteiger partial charge in [-0.05, 0) is 29.8 Å². The number of hydrogen-bond donors (Lipinski definition) is 0. The predicted molar refractivity (Wildman–Crippen MR) is 60.6 cm³/mol. The van der Waals surface area contributed by atoms with Crippen LogP contribution in [-0.2, 0) is 0 Å². The molecular formula is C14H8FO2. The van der Waals surface area contributed by atoms with Gasteiger partial charge in [0.05, 0.1) is 18.1 Å². The van der Waals surface area contributed by atoms with Crippen molar-refractivity contribution in [1.82, 2.24) is 0 Å². The minimum Gasteiger partial charge on any atom is -0.464 e. The van der Waals surface area contributed by atoms with Crippen LogP contribution in [0.3, 0.4) is 0 Å². The lowest BCUT2D eigenvalue weighted by atomic mass is 10.1. The maximum Gasteiger partial charge on any atom is 0.180 e. The van der Waals surface area contributed by atoms with Crippen LogP contribution < -0.4 is 0 Å². The van der Waals surface area contributed by atoms with Gasteiger partial charge < -0.3 is 8.83 Å². The Hall–Kier alpha value is -2.29. The lowest BCUT2D eigenvalue weighted by Crippen LogP contribution is -1.75. The third-order valence-corrected chi connectivity index (χ3v) is 2.51. The molecule has 0 amide bonds. The van der Waals surface area contributed by atoms with E-state index in [1.807, 2.05) is 6.07 Å². The van der Waals surface area contributed by atoms with E-state index in [-0.39, 0.29) is 5.82 Å². The Kier molecular flexibility index (Phi) is 2.29. The molecule has 0 aliphatic heterocycles. The summed E-state index contributed by atoms with van der Waals surface area (Å²) >= 11 is 0. The van der Waals surface area contributed by atoms with Gasteiger partial charge >= 0.3 is 0 Å². The molecule has 3 aromatic rings. The van der Waals surface area contributed by atoms with Crippen molar-refractivity contribution in [2.45, 2.75) is 0 Å². The number of hydrogen-bond acceptors (Lipinski definition) is 2. The largest absolute Gasteiger partial charge is 0.464 e. The average molecular weight is 227 g/mol. The van der Waals surface area contributed by atoms with Gasteiger partial charge in [0.2, 0.25) is 0 Å². The second-order valence-electron chi connectivity index (χ2n) is 3.64. The van der Waals surface area contributed by atoms with E-state index < -0.39 is 0 Å². The molecule has 0 saturated heterocycles. The van der Waals surface area contributed by atoms with Gasteiger partial charge in [-0.3, -0.25) is 0 Å². The van der Waals surface area contributed by atoms with Gasteiger partial charge in [0.25, 0.3) is 0 Å². The van der Waals surface area contributed by atoms with Crippen LogP contribution in [0.1, 0.15) is 0 Å². The topological polar surface area (TPSA) is 26.3 Å². The van der Waals surface area contributed by atoms with E-state index >= 15 is 0 Å². The maximum absolute atomic E-state index is 12.8. The van der Waals surface area contributed by atoms with E-state index in [0.29, 0.717) is 5.76 Å². The summed E-state index contributed by atoms with van der Waals surface area (Å²) in [5.41, 5.74) is 2.57. The van der Waals surface area contributed by atoms with Gasteiger partial charge in [-0.15, -0.1) is 0 Å². The Balaban J connectivity index is 1.98. The van der Waals surface area contributed by atoms with Crippen molar-refractivity contribution in [3.8, 4) is 22.5 Å². The Morgan fingerprint density at radius 2 is 1.82 bits per heavy atom. The summed E-state index contributed by atoms with van der Waals surface area (Å²) in [6, 6.07) is 9.91. The van der Waals surface area contributed by atoms with Crippen molar-refractivity contribution >= 4 is 0 Å². The molecule has 17 heavy (non-hydrogen) atoms. The third kappa shape index (κ3) is 1.87. The summed E-state index contributed by atoms with van der Waals surface area (Å²) < 4.78 is 23.1. The van der Waals surface area contributed by atoms with Gasteiger partial charge in [0.1, 0.15) is 11.6 Å². The summed E-state index contributed by atoms with van der Waals surface area (Å²) in [5.74, 6) is 0.429. The van der Waals surface area contributed by atoms with Crippen LogP contribution in [0.15, 0.2) is 57.8 Å². The minimum absolute atomic E-state index is 0.249. The molecule has 83 valence electrons. The summed E-state index contributed by atoms with van der Waals surface area (Å²) in [7, 11) is 0. The summed E-state index contributed by atoms with van der Waals surface area (Å²) in [5, 5.41) is 0. The molecule has 0 atom stereocenters. The average Bonchev–Trinajstić information content (AvgIpc) is 3.00. The SMILES string of the molecule is Fc1ccc(-c2coc(-c3[c]occ3)c2)cc1. The number of halogens is 1. The first-order valence-corrected chi connectivity index (χ1v) is 5.13. The van der Waals surface area contributed by atoms with E-state index in [4.69, 9.17) is 8.83 Å². The van der Waals surface area contributed by atoms with Gasteiger partial charge in [0, 0.05) is 5.56 Å². The van der Waals surface area contributed by atoms with Gasteiger partial charge in [-0.25, -0.2) is 4.39 Å². The molecule has 0 bridgehead atoms. The Bertz CT molecular complexity index is 606. The second-order valence-corrected chi connectivity index (χ2v) is 3.64. The number of rotatable bonds is 2. The van der Waals surface area contributed by atoms with Crippen LogP contribution >= 0.6 is 0 Å². The lowest BCUT2D eigenvalue weighted by Gasteiger charge is -1.94. The van der Waals surface area contributed by atoms with Gasteiger partial charge in [-0.2, -0.15) is 0 Å². The minimum atomic E-state index is -0.249. The van der Waals surface area contributed by atoms with Gasteiger partial charge in [-0.1, -0.05) is 12.1 Å². The highest BCUT2D eigenvalue weighted by Crippen LogP contribution is 2.28. The molecule has 3 rings (SSSR count). The molecule has 0 aliphatic carbocycles. The van der Waals surface area contributed by atoms with Crippen molar-refractivity contribution < 1.29 is 13.2 Å². The quantitative estimate of drug-likeness (QED) is 0.657. The van der Waals surface area contributed by atoms with Crippen LogP contribution in [0.2, 0.25) is 0 Å². The fourth-order valence-electron chi connectivity index (χ4n) is 1.64. The van der Waals surface area contributed by atoms with Crippen LogP contribution in [0.5, 0.6) is 0 Å². The molecule has 0 saturated carbocycles. The Labute approximate surface area is 97.3 Å². The smallest absolute Gasteiger partial charge is 0.180 e. The second kappa shape index (κ2) is 3.94. The normalized spacial score (nSPS) is 10.6. The fraction of sp³-hybridized carbons (Fsp3) is 0. The lowest BCUT2D eigenvalue weighted by molar-refractivity contribution is 0.552. The van der Waals surface area contributed by atoms with E-state index in [9.17, 15) is 4.39 Å². The van der Waals surface area contributed by atoms with Crippen LogP contribution in [0, 0.1) is 12.1 Å². The Morgan fingerprint density at radius 3 is 2.53 bits per heavy atom. The first-order chi connectivity index (χ1) is 8.33.